The molecule has 2 rings (SSSR count). The molecule has 3 nitrogen and oxygen atoms in total. The first-order valence-electron chi connectivity index (χ1n) is 5.51. The summed E-state index contributed by atoms with van der Waals surface area (Å²) in [4.78, 5) is 13.4. The molecule has 2 aromatic rings. The number of amides is 1. The number of rotatable bonds is 3. The predicted molar refractivity (Wildman–Crippen MR) is 70.0 cm³/mol. The maximum absolute atomic E-state index is 12.5. The predicted octanol–water partition coefficient (Wildman–Crippen LogP) is 4.99. The van der Waals surface area contributed by atoms with Gasteiger partial charge in [0.1, 0.15) is 4.90 Å². The van der Waals surface area contributed by atoms with Gasteiger partial charge in [-0.1, -0.05) is 19.4 Å². The van der Waals surface area contributed by atoms with Crippen molar-refractivity contribution in [3.8, 4) is 0 Å². The Balaban J connectivity index is 2.20. The van der Waals surface area contributed by atoms with Crippen molar-refractivity contribution in [3.05, 3.63) is 54.4 Å². The Hall–Kier alpha value is -2.16. The Morgan fingerprint density at radius 2 is 1.43 bits per heavy atom. The van der Waals surface area contributed by atoms with Crippen molar-refractivity contribution >= 4 is 21.8 Å². The van der Waals surface area contributed by atoms with Gasteiger partial charge in [0.15, 0.2) is 0 Å². The molecule has 0 spiro atoms. The van der Waals surface area contributed by atoms with Crippen LogP contribution in [0.4, 0.5) is 25.1 Å². The van der Waals surface area contributed by atoms with E-state index in [1.54, 1.807) is 0 Å². The number of halogens is 5. The summed E-state index contributed by atoms with van der Waals surface area (Å²) in [5.41, 5.74) is 0.212. The van der Waals surface area contributed by atoms with Gasteiger partial charge in [-0.25, -0.2) is 0 Å². The summed E-state index contributed by atoms with van der Waals surface area (Å²) in [5, 5.41) is 2.30. The number of pyridine rings is 1. The van der Waals surface area contributed by atoms with E-state index >= 15 is 0 Å². The molecule has 0 saturated heterocycles. The molecule has 21 heavy (non-hydrogen) atoms. The molecule has 1 N–H and O–H groups in total. The van der Waals surface area contributed by atoms with Crippen molar-refractivity contribution in [3.63, 3.8) is 0 Å². The van der Waals surface area contributed by atoms with Crippen LogP contribution in [-0.4, -0.2) is 10.9 Å². The monoisotopic (exact) mass is 324 g/mol. The van der Waals surface area contributed by atoms with Crippen LogP contribution in [0.3, 0.4) is 0 Å². The summed E-state index contributed by atoms with van der Waals surface area (Å²) in [6.07, 6.45) is 2.73. The number of nitrogens with one attached hydrogen (secondary N) is 1. The number of aromatic nitrogens is 1. The van der Waals surface area contributed by atoms with Crippen molar-refractivity contribution in [1.82, 2.24) is 4.98 Å². The standard InChI is InChI=1S/C12H9F5N2OS/c13-21(14,15,16,17)11-3-1-10(2-4-11)19-12(20)9-5-7-18-8-6-9/h1-8H,(H,19,20). The van der Waals surface area contributed by atoms with Gasteiger partial charge in [0.05, 0.1) is 0 Å². The maximum Gasteiger partial charge on any atom is 0.310 e. The lowest BCUT2D eigenvalue weighted by Gasteiger charge is -2.40. The number of hydrogen-bond acceptors (Lipinski definition) is 2. The van der Waals surface area contributed by atoms with Gasteiger partial charge < -0.3 is 5.32 Å². The minimum Gasteiger partial charge on any atom is -0.322 e. The number of carbonyl (C=O) groups is 1. The smallest absolute Gasteiger partial charge is 0.310 e. The van der Waals surface area contributed by atoms with Gasteiger partial charge in [0.2, 0.25) is 0 Å². The van der Waals surface area contributed by atoms with E-state index in [1.165, 1.54) is 24.5 Å². The van der Waals surface area contributed by atoms with Gasteiger partial charge in [0, 0.05) is 23.6 Å². The molecule has 0 radical (unpaired) electrons. The number of hydrogen-bond donors (Lipinski definition) is 1. The zero-order valence-corrected chi connectivity index (χ0v) is 11.1. The highest BCUT2D eigenvalue weighted by Gasteiger charge is 2.65. The molecule has 1 aromatic carbocycles. The number of nitrogens with zero attached hydrogens (tertiary/aromatic N) is 1. The third-order valence-electron chi connectivity index (χ3n) is 2.50. The van der Waals surface area contributed by atoms with Crippen LogP contribution in [0.5, 0.6) is 0 Å². The SMILES string of the molecule is O=C(Nc1ccc(S(F)(F)(F)(F)F)cc1)c1ccncc1. The zero-order chi connectivity index (χ0) is 15.8. The second-order valence-corrected chi connectivity index (χ2v) is 6.59. The van der Waals surface area contributed by atoms with E-state index in [2.05, 4.69) is 10.3 Å². The van der Waals surface area contributed by atoms with Gasteiger partial charge >= 0.3 is 10.2 Å². The second kappa shape index (κ2) is 4.17. The van der Waals surface area contributed by atoms with Crippen LogP contribution in [0.15, 0.2) is 53.7 Å². The summed E-state index contributed by atoms with van der Waals surface area (Å²) >= 11 is 0. The fraction of sp³-hybridized carbons (Fsp3) is 0. The van der Waals surface area contributed by atoms with Gasteiger partial charge in [-0.15, -0.1) is 0 Å². The average molecular weight is 324 g/mol. The molecule has 1 aromatic heterocycles. The fourth-order valence-corrected chi connectivity index (χ4v) is 2.15. The molecule has 0 bridgehead atoms. The van der Waals surface area contributed by atoms with Crippen molar-refractivity contribution in [2.45, 2.75) is 4.90 Å². The van der Waals surface area contributed by atoms with Crippen LogP contribution in [0, 0.1) is 0 Å². The van der Waals surface area contributed by atoms with Crippen LogP contribution < -0.4 is 5.32 Å². The largest absolute Gasteiger partial charge is 0.322 e. The molecular formula is C12H9F5N2OS. The quantitative estimate of drug-likeness (QED) is 0.808. The maximum atomic E-state index is 12.5. The van der Waals surface area contributed by atoms with Gasteiger partial charge in [-0.05, 0) is 36.4 Å². The lowest BCUT2D eigenvalue weighted by atomic mass is 10.2. The highest BCUT2D eigenvalue weighted by Crippen LogP contribution is 3.02. The normalized spacial score (nSPS) is 14.9. The lowest BCUT2D eigenvalue weighted by Crippen LogP contribution is -2.12. The summed E-state index contributed by atoms with van der Waals surface area (Å²) in [7, 11) is -9.69. The molecule has 0 fully saturated rings. The van der Waals surface area contributed by atoms with Crippen LogP contribution in [-0.2, 0) is 0 Å². The van der Waals surface area contributed by atoms with Crippen LogP contribution in [0.1, 0.15) is 10.4 Å². The number of carbonyl (C=O) groups excluding carboxylic acids is 1. The lowest BCUT2D eigenvalue weighted by molar-refractivity contribution is 0.102. The number of benzene rings is 1. The van der Waals surface area contributed by atoms with Crippen molar-refractivity contribution < 1.29 is 24.2 Å². The fourth-order valence-electron chi connectivity index (χ4n) is 1.50. The first-order valence-corrected chi connectivity index (χ1v) is 7.46. The van der Waals surface area contributed by atoms with E-state index < -0.39 is 21.0 Å². The van der Waals surface area contributed by atoms with E-state index in [-0.39, 0.29) is 23.4 Å². The Labute approximate surface area is 116 Å². The van der Waals surface area contributed by atoms with Crippen molar-refractivity contribution in [1.29, 1.82) is 0 Å². The van der Waals surface area contributed by atoms with Crippen LogP contribution in [0.25, 0.3) is 0 Å². The molecule has 114 valence electrons. The highest BCUT2D eigenvalue weighted by molar-refractivity contribution is 8.45. The van der Waals surface area contributed by atoms with E-state index in [0.29, 0.717) is 0 Å². The van der Waals surface area contributed by atoms with Gasteiger partial charge in [-0.2, -0.15) is 0 Å². The summed E-state index contributed by atoms with van der Waals surface area (Å²) < 4.78 is 62.6. The summed E-state index contributed by atoms with van der Waals surface area (Å²) in [6, 6.07) is 4.82. The molecule has 1 heterocycles. The third kappa shape index (κ3) is 3.91. The molecule has 0 unspecified atom stereocenters. The average Bonchev–Trinajstić information content (AvgIpc) is 2.37. The van der Waals surface area contributed by atoms with E-state index in [4.69, 9.17) is 0 Å². The Bertz CT molecular complexity index is 671. The molecular weight excluding hydrogens is 315 g/mol. The van der Waals surface area contributed by atoms with Crippen LogP contribution >= 0.6 is 10.2 Å². The molecule has 0 aliphatic rings. The minimum absolute atomic E-state index is 0.0255. The third-order valence-corrected chi connectivity index (χ3v) is 3.66. The minimum atomic E-state index is -9.69. The first-order chi connectivity index (χ1) is 9.45. The zero-order valence-electron chi connectivity index (χ0n) is 10.3. The molecule has 9 heteroatoms. The topological polar surface area (TPSA) is 42.0 Å². The van der Waals surface area contributed by atoms with Gasteiger partial charge in [-0.3, -0.25) is 9.78 Å². The number of anilines is 1. The molecule has 0 atom stereocenters. The summed E-state index contributed by atoms with van der Waals surface area (Å²) in [6.45, 7) is 0. The van der Waals surface area contributed by atoms with Crippen molar-refractivity contribution in [2.75, 3.05) is 5.32 Å². The molecule has 0 saturated carbocycles. The van der Waals surface area contributed by atoms with E-state index in [9.17, 15) is 24.2 Å². The van der Waals surface area contributed by atoms with E-state index in [0.717, 1.165) is 12.1 Å². The molecule has 0 aliphatic heterocycles. The van der Waals surface area contributed by atoms with Crippen LogP contribution in [0.2, 0.25) is 0 Å². The Morgan fingerprint density at radius 3 is 1.90 bits per heavy atom. The van der Waals surface area contributed by atoms with Gasteiger partial charge in [0.25, 0.3) is 5.91 Å². The first kappa shape index (κ1) is 15.2. The summed E-state index contributed by atoms with van der Waals surface area (Å²) in [5.74, 6) is -0.586. The second-order valence-electron chi connectivity index (χ2n) is 4.18. The Morgan fingerprint density at radius 1 is 0.905 bits per heavy atom. The molecule has 1 amide bonds. The van der Waals surface area contributed by atoms with Crippen molar-refractivity contribution in [2.24, 2.45) is 0 Å². The highest BCUT2D eigenvalue weighted by atomic mass is 32.5. The van der Waals surface area contributed by atoms with E-state index in [1.807, 2.05) is 0 Å². The Kier molecular flexibility index (Phi) is 3.02. The molecule has 0 aliphatic carbocycles.